The zero-order chi connectivity index (χ0) is 11.5. The molecule has 1 rings (SSSR count). The van der Waals surface area contributed by atoms with Crippen LogP contribution in [-0.4, -0.2) is 35.7 Å². The molecule has 1 heterocycles. The lowest BCUT2D eigenvalue weighted by Crippen LogP contribution is -2.28. The molecule has 0 fully saturated rings. The van der Waals surface area contributed by atoms with E-state index < -0.39 is 9.84 Å². The van der Waals surface area contributed by atoms with Crippen molar-refractivity contribution in [1.82, 2.24) is 9.78 Å². The van der Waals surface area contributed by atoms with Crippen LogP contribution in [0.3, 0.4) is 0 Å². The van der Waals surface area contributed by atoms with E-state index in [0.717, 1.165) is 5.56 Å². The molecule has 0 aromatic carbocycles. The summed E-state index contributed by atoms with van der Waals surface area (Å²) in [6.45, 7) is 1.70. The van der Waals surface area contributed by atoms with Gasteiger partial charge in [-0.15, -0.1) is 0 Å². The summed E-state index contributed by atoms with van der Waals surface area (Å²) in [6, 6.07) is -0.302. The predicted molar refractivity (Wildman–Crippen MR) is 59.2 cm³/mol. The highest BCUT2D eigenvalue weighted by molar-refractivity contribution is 7.91. The van der Waals surface area contributed by atoms with Gasteiger partial charge in [0, 0.05) is 19.3 Å². The second kappa shape index (κ2) is 4.76. The van der Waals surface area contributed by atoms with Crippen molar-refractivity contribution in [3.8, 4) is 0 Å². The van der Waals surface area contributed by atoms with Gasteiger partial charge >= 0.3 is 0 Å². The van der Waals surface area contributed by atoms with E-state index in [9.17, 15) is 8.42 Å². The monoisotopic (exact) mass is 231 g/mol. The van der Waals surface area contributed by atoms with Crippen LogP contribution in [-0.2, 0) is 23.3 Å². The van der Waals surface area contributed by atoms with E-state index in [-0.39, 0.29) is 17.5 Å². The Morgan fingerprint density at radius 3 is 2.73 bits per heavy atom. The van der Waals surface area contributed by atoms with Crippen molar-refractivity contribution in [3.63, 3.8) is 0 Å². The van der Waals surface area contributed by atoms with E-state index in [1.807, 2.05) is 6.20 Å². The van der Waals surface area contributed by atoms with E-state index >= 15 is 0 Å². The van der Waals surface area contributed by atoms with Gasteiger partial charge < -0.3 is 5.73 Å². The summed E-state index contributed by atoms with van der Waals surface area (Å²) in [5.41, 5.74) is 6.39. The van der Waals surface area contributed by atoms with Crippen LogP contribution in [0.2, 0.25) is 0 Å². The highest BCUT2D eigenvalue weighted by Crippen LogP contribution is 2.02. The Morgan fingerprint density at radius 2 is 2.27 bits per heavy atom. The van der Waals surface area contributed by atoms with Gasteiger partial charge in [0.25, 0.3) is 0 Å². The average molecular weight is 231 g/mol. The van der Waals surface area contributed by atoms with Crippen molar-refractivity contribution in [2.75, 3.05) is 11.5 Å². The Balaban J connectivity index is 2.50. The first-order valence-electron chi connectivity index (χ1n) is 4.82. The molecule has 0 amide bonds. The van der Waals surface area contributed by atoms with Gasteiger partial charge in [-0.1, -0.05) is 0 Å². The summed E-state index contributed by atoms with van der Waals surface area (Å²) in [5.74, 6) is 0.188. The number of nitrogens with zero attached hydrogens (tertiary/aromatic N) is 2. The van der Waals surface area contributed by atoms with Crippen LogP contribution in [0.15, 0.2) is 12.4 Å². The molecule has 5 nitrogen and oxygen atoms in total. The van der Waals surface area contributed by atoms with E-state index in [2.05, 4.69) is 5.10 Å². The van der Waals surface area contributed by atoms with Gasteiger partial charge in [-0.3, -0.25) is 4.68 Å². The van der Waals surface area contributed by atoms with Crippen LogP contribution in [0.25, 0.3) is 0 Å². The zero-order valence-corrected chi connectivity index (χ0v) is 9.87. The third kappa shape index (κ3) is 4.44. The van der Waals surface area contributed by atoms with Gasteiger partial charge in [0.1, 0.15) is 0 Å². The average Bonchev–Trinajstić information content (AvgIpc) is 2.46. The molecule has 0 saturated carbocycles. The number of nitrogens with two attached hydrogens (primary N) is 1. The van der Waals surface area contributed by atoms with Gasteiger partial charge in [0.15, 0.2) is 9.84 Å². The minimum atomic E-state index is -3.03. The second-order valence-corrected chi connectivity index (χ2v) is 6.09. The van der Waals surface area contributed by atoms with Gasteiger partial charge in [-0.2, -0.15) is 5.10 Å². The molecule has 0 bridgehead atoms. The molecule has 1 unspecified atom stereocenters. The molecule has 2 N–H and O–H groups in total. The fourth-order valence-corrected chi connectivity index (χ4v) is 2.87. The lowest BCUT2D eigenvalue weighted by molar-refractivity contribution is 0.589. The lowest BCUT2D eigenvalue weighted by atomic mass is 10.3. The molecule has 0 aliphatic heterocycles. The number of aryl methyl sites for hydroxylation is 2. The van der Waals surface area contributed by atoms with Gasteiger partial charge in [-0.05, 0) is 18.9 Å². The van der Waals surface area contributed by atoms with E-state index in [1.165, 1.54) is 0 Å². The van der Waals surface area contributed by atoms with Crippen LogP contribution in [0.5, 0.6) is 0 Å². The Hall–Kier alpha value is -0.880. The van der Waals surface area contributed by atoms with Gasteiger partial charge in [-0.25, -0.2) is 8.42 Å². The first kappa shape index (κ1) is 12.2. The molecule has 0 spiro atoms. The van der Waals surface area contributed by atoms with Crippen LogP contribution < -0.4 is 5.73 Å². The second-order valence-electron chi connectivity index (χ2n) is 3.86. The molecule has 1 aromatic heterocycles. The number of hydrogen-bond donors (Lipinski definition) is 1. The summed E-state index contributed by atoms with van der Waals surface area (Å²) in [5, 5.41) is 3.98. The third-order valence-corrected chi connectivity index (χ3v) is 3.84. The van der Waals surface area contributed by atoms with Crippen molar-refractivity contribution < 1.29 is 8.42 Å². The highest BCUT2D eigenvalue weighted by atomic mass is 32.2. The topological polar surface area (TPSA) is 78.0 Å². The Labute approximate surface area is 90.2 Å². The summed E-state index contributed by atoms with van der Waals surface area (Å²) in [4.78, 5) is 0. The third-order valence-electron chi connectivity index (χ3n) is 1.98. The summed E-state index contributed by atoms with van der Waals surface area (Å²) in [6.07, 6.45) is 4.01. The molecule has 0 saturated heterocycles. The molecular formula is C9H17N3O2S. The maximum absolute atomic E-state index is 11.5. The SMILES string of the molecule is CC(N)CS(=O)(=O)CCc1cnn(C)c1. The smallest absolute Gasteiger partial charge is 0.152 e. The lowest BCUT2D eigenvalue weighted by Gasteiger charge is -2.05. The molecule has 1 aromatic rings. The number of rotatable bonds is 5. The van der Waals surface area contributed by atoms with Crippen molar-refractivity contribution in [2.24, 2.45) is 12.8 Å². The van der Waals surface area contributed by atoms with Crippen molar-refractivity contribution in [3.05, 3.63) is 18.0 Å². The molecule has 0 aliphatic carbocycles. The fraction of sp³-hybridized carbons (Fsp3) is 0.667. The van der Waals surface area contributed by atoms with E-state index in [1.54, 1.807) is 24.9 Å². The van der Waals surface area contributed by atoms with Crippen LogP contribution in [0, 0.1) is 0 Å². The minimum Gasteiger partial charge on any atom is -0.327 e. The van der Waals surface area contributed by atoms with E-state index in [4.69, 9.17) is 5.73 Å². The Kier molecular flexibility index (Phi) is 3.87. The molecule has 86 valence electrons. The summed E-state index contributed by atoms with van der Waals surface area (Å²) in [7, 11) is -1.23. The molecule has 0 aliphatic rings. The number of sulfone groups is 1. The van der Waals surface area contributed by atoms with Crippen molar-refractivity contribution in [1.29, 1.82) is 0 Å². The zero-order valence-electron chi connectivity index (χ0n) is 9.05. The summed E-state index contributed by atoms with van der Waals surface area (Å²) < 4.78 is 24.7. The quantitative estimate of drug-likeness (QED) is 0.756. The predicted octanol–water partition coefficient (Wildman–Crippen LogP) is -0.275. The highest BCUT2D eigenvalue weighted by Gasteiger charge is 2.13. The number of hydrogen-bond acceptors (Lipinski definition) is 4. The first-order valence-corrected chi connectivity index (χ1v) is 6.65. The first-order chi connectivity index (χ1) is 6.89. The summed E-state index contributed by atoms with van der Waals surface area (Å²) >= 11 is 0. The van der Waals surface area contributed by atoms with Crippen LogP contribution in [0.1, 0.15) is 12.5 Å². The van der Waals surface area contributed by atoms with Crippen molar-refractivity contribution >= 4 is 9.84 Å². The Bertz CT molecular complexity index is 409. The van der Waals surface area contributed by atoms with Gasteiger partial charge in [0.2, 0.25) is 0 Å². The van der Waals surface area contributed by atoms with Crippen molar-refractivity contribution in [2.45, 2.75) is 19.4 Å². The maximum atomic E-state index is 11.5. The molecule has 1 atom stereocenters. The molecular weight excluding hydrogens is 214 g/mol. The minimum absolute atomic E-state index is 0.0489. The normalized spacial score (nSPS) is 14.1. The van der Waals surface area contributed by atoms with E-state index in [0.29, 0.717) is 6.42 Å². The van der Waals surface area contributed by atoms with Gasteiger partial charge in [0.05, 0.1) is 17.7 Å². The Morgan fingerprint density at radius 1 is 1.60 bits per heavy atom. The maximum Gasteiger partial charge on any atom is 0.152 e. The number of aromatic nitrogens is 2. The van der Waals surface area contributed by atoms with Crippen LogP contribution >= 0.6 is 0 Å². The molecule has 15 heavy (non-hydrogen) atoms. The fourth-order valence-electron chi connectivity index (χ4n) is 1.36. The molecule has 0 radical (unpaired) electrons. The molecule has 6 heteroatoms. The van der Waals surface area contributed by atoms with Crippen LogP contribution in [0.4, 0.5) is 0 Å². The standard InChI is InChI=1S/C9H17N3O2S/c1-8(10)7-15(13,14)4-3-9-5-11-12(2)6-9/h5-6,8H,3-4,7,10H2,1-2H3. The largest absolute Gasteiger partial charge is 0.327 e.